The Bertz CT molecular complexity index is 2540. The SMILES string of the molecule is Cc1cc2c3c(c1)N(c1ccc(C(C)(C)C)cc1)c1c(sc4ccc(C(C)(C)C)cc14)B3c1cc3c(cc1O2)oc1c2c(ccc13)CCC2. The minimum Gasteiger partial charge on any atom is -0.458 e. The Morgan fingerprint density at radius 2 is 1.51 bits per heavy atom. The van der Waals surface area contributed by atoms with Crippen LogP contribution in [0, 0.1) is 6.92 Å². The summed E-state index contributed by atoms with van der Waals surface area (Å²) < 4.78 is 16.3. The maximum absolute atomic E-state index is 6.92. The molecule has 0 fully saturated rings. The van der Waals surface area contributed by atoms with E-state index in [1.165, 1.54) is 87.9 Å². The van der Waals surface area contributed by atoms with E-state index in [1.54, 1.807) is 0 Å². The zero-order valence-electron chi connectivity index (χ0n) is 29.4. The number of hydrogen-bond acceptors (Lipinski definition) is 4. The maximum atomic E-state index is 6.92. The first kappa shape index (κ1) is 29.4. The van der Waals surface area contributed by atoms with Gasteiger partial charge in [-0.25, -0.2) is 0 Å². The lowest BCUT2D eigenvalue weighted by Crippen LogP contribution is -2.58. The molecule has 242 valence electrons. The van der Waals surface area contributed by atoms with E-state index in [1.807, 2.05) is 11.3 Å². The number of anilines is 3. The largest absolute Gasteiger partial charge is 0.458 e. The van der Waals surface area contributed by atoms with Crippen LogP contribution in [0.3, 0.4) is 0 Å². The first-order valence-corrected chi connectivity index (χ1v) is 18.6. The highest BCUT2D eigenvalue weighted by Gasteiger charge is 2.44. The Hall–Kier alpha value is -4.48. The molecule has 0 N–H and O–H groups in total. The lowest BCUT2D eigenvalue weighted by atomic mass is 9.37. The van der Waals surface area contributed by atoms with Crippen molar-refractivity contribution in [1.82, 2.24) is 0 Å². The summed E-state index contributed by atoms with van der Waals surface area (Å²) in [5, 5.41) is 3.72. The molecule has 4 heterocycles. The number of hydrogen-bond donors (Lipinski definition) is 0. The summed E-state index contributed by atoms with van der Waals surface area (Å²) in [6, 6.07) is 30.1. The molecule has 2 aliphatic heterocycles. The van der Waals surface area contributed by atoms with Crippen molar-refractivity contribution < 1.29 is 9.15 Å². The molecule has 3 nitrogen and oxygen atoms in total. The zero-order valence-corrected chi connectivity index (χ0v) is 30.2. The van der Waals surface area contributed by atoms with Crippen molar-refractivity contribution in [3.63, 3.8) is 0 Å². The number of benzene rings is 5. The van der Waals surface area contributed by atoms with Gasteiger partial charge in [0.2, 0.25) is 0 Å². The highest BCUT2D eigenvalue weighted by Crippen LogP contribution is 2.48. The van der Waals surface area contributed by atoms with E-state index in [4.69, 9.17) is 9.15 Å². The van der Waals surface area contributed by atoms with Crippen LogP contribution < -0.4 is 25.3 Å². The number of furan rings is 1. The molecule has 0 amide bonds. The fourth-order valence-electron chi connectivity index (χ4n) is 8.61. The van der Waals surface area contributed by atoms with Gasteiger partial charge in [-0.15, -0.1) is 11.3 Å². The molecule has 5 aromatic carbocycles. The molecule has 7 aromatic rings. The summed E-state index contributed by atoms with van der Waals surface area (Å²) in [7, 11) is 0. The predicted octanol–water partition coefficient (Wildman–Crippen LogP) is 10.6. The first-order valence-electron chi connectivity index (χ1n) is 17.7. The zero-order chi connectivity index (χ0) is 33.6. The van der Waals surface area contributed by atoms with Gasteiger partial charge in [0.1, 0.15) is 22.7 Å². The molecule has 0 atom stereocenters. The van der Waals surface area contributed by atoms with Gasteiger partial charge in [-0.3, -0.25) is 0 Å². The van der Waals surface area contributed by atoms with E-state index in [9.17, 15) is 0 Å². The molecule has 49 heavy (non-hydrogen) atoms. The molecule has 0 bridgehead atoms. The van der Waals surface area contributed by atoms with E-state index in [-0.39, 0.29) is 17.5 Å². The second kappa shape index (κ2) is 9.82. The topological polar surface area (TPSA) is 25.6 Å². The van der Waals surface area contributed by atoms with Crippen molar-refractivity contribution in [3.05, 3.63) is 107 Å². The Labute approximate surface area is 292 Å². The Morgan fingerprint density at radius 1 is 0.735 bits per heavy atom. The molecule has 0 saturated carbocycles. The van der Waals surface area contributed by atoms with Gasteiger partial charge in [0, 0.05) is 43.1 Å². The van der Waals surface area contributed by atoms with Crippen LogP contribution in [0.5, 0.6) is 11.5 Å². The maximum Gasteiger partial charge on any atom is 0.268 e. The normalized spacial score (nSPS) is 15.1. The van der Waals surface area contributed by atoms with Crippen LogP contribution in [-0.4, -0.2) is 6.71 Å². The third-order valence-electron chi connectivity index (χ3n) is 11.2. The van der Waals surface area contributed by atoms with Gasteiger partial charge in [-0.1, -0.05) is 77.9 Å². The minimum atomic E-state index is 0.0396. The molecule has 0 spiro atoms. The van der Waals surface area contributed by atoms with Crippen LogP contribution in [0.15, 0.2) is 83.3 Å². The van der Waals surface area contributed by atoms with Crippen LogP contribution in [0.1, 0.15) is 75.8 Å². The van der Waals surface area contributed by atoms with Gasteiger partial charge in [-0.05, 0) is 112 Å². The predicted molar refractivity (Wildman–Crippen MR) is 209 cm³/mol. The number of nitrogens with zero attached hydrogens (tertiary/aromatic N) is 1. The molecule has 2 aromatic heterocycles. The lowest BCUT2D eigenvalue weighted by Gasteiger charge is -2.39. The van der Waals surface area contributed by atoms with E-state index < -0.39 is 0 Å². The van der Waals surface area contributed by atoms with Crippen LogP contribution in [0.25, 0.3) is 32.0 Å². The lowest BCUT2D eigenvalue weighted by molar-refractivity contribution is 0.486. The van der Waals surface area contributed by atoms with Crippen LogP contribution >= 0.6 is 11.3 Å². The molecule has 1 aliphatic carbocycles. The molecular weight excluding hydrogens is 617 g/mol. The van der Waals surface area contributed by atoms with Crippen LogP contribution in [0.2, 0.25) is 0 Å². The molecule has 10 rings (SSSR count). The molecule has 0 saturated heterocycles. The summed E-state index contributed by atoms with van der Waals surface area (Å²) >= 11 is 1.94. The smallest absolute Gasteiger partial charge is 0.268 e. The third-order valence-corrected chi connectivity index (χ3v) is 12.4. The fraction of sp³-hybridized carbons (Fsp3) is 0.273. The highest BCUT2D eigenvalue weighted by atomic mass is 32.1. The van der Waals surface area contributed by atoms with Gasteiger partial charge in [0.05, 0.1) is 5.69 Å². The summed E-state index contributed by atoms with van der Waals surface area (Å²) in [6.45, 7) is 16.0. The van der Waals surface area contributed by atoms with Gasteiger partial charge in [-0.2, -0.15) is 0 Å². The second-order valence-electron chi connectivity index (χ2n) is 16.6. The Morgan fingerprint density at radius 3 is 2.29 bits per heavy atom. The van der Waals surface area contributed by atoms with Crippen molar-refractivity contribution in [2.45, 2.75) is 78.6 Å². The quantitative estimate of drug-likeness (QED) is 0.164. The van der Waals surface area contributed by atoms with E-state index in [0.29, 0.717) is 0 Å². The van der Waals surface area contributed by atoms with E-state index in [0.717, 1.165) is 35.5 Å². The summed E-state index contributed by atoms with van der Waals surface area (Å²) in [5.74, 6) is 1.85. The van der Waals surface area contributed by atoms with E-state index in [2.05, 4.69) is 132 Å². The third kappa shape index (κ3) is 4.21. The summed E-state index contributed by atoms with van der Waals surface area (Å²) in [4.78, 5) is 2.53. The number of aryl methyl sites for hydroxylation is 3. The van der Waals surface area contributed by atoms with Gasteiger partial charge in [0.25, 0.3) is 6.71 Å². The van der Waals surface area contributed by atoms with Crippen molar-refractivity contribution in [3.8, 4) is 11.5 Å². The molecule has 0 unspecified atom stereocenters. The summed E-state index contributed by atoms with van der Waals surface area (Å²) in [5.41, 5.74) is 14.9. The summed E-state index contributed by atoms with van der Waals surface area (Å²) in [6.07, 6.45) is 3.43. The number of ether oxygens (including phenoxy) is 1. The van der Waals surface area contributed by atoms with Gasteiger partial charge in [0.15, 0.2) is 0 Å². The fourth-order valence-corrected chi connectivity index (χ4v) is 9.90. The van der Waals surface area contributed by atoms with Gasteiger partial charge < -0.3 is 14.1 Å². The molecule has 0 radical (unpaired) electrons. The molecule has 5 heteroatoms. The van der Waals surface area contributed by atoms with Crippen molar-refractivity contribution >= 4 is 82.8 Å². The standard InChI is InChI=1S/C44H40BNO2S/c1-24-19-34-39-37(20-24)47-36-23-35-31(30-17-11-25-9-8-10-29(25)41(30)48-35)22-33(36)45(39)42-40(32-21-27(44(5,6)7)14-18-38(32)49-42)46(34)28-15-12-26(13-16-28)43(2,3)4/h11-23H,8-10H2,1-7H3. The van der Waals surface area contributed by atoms with Crippen LogP contribution in [0.4, 0.5) is 17.1 Å². The second-order valence-corrected chi connectivity index (χ2v) is 17.6. The number of rotatable bonds is 1. The number of fused-ring (bicyclic) bond motifs is 11. The van der Waals surface area contributed by atoms with Crippen molar-refractivity contribution in [2.75, 3.05) is 4.90 Å². The monoisotopic (exact) mass is 657 g/mol. The minimum absolute atomic E-state index is 0.0396. The van der Waals surface area contributed by atoms with Crippen molar-refractivity contribution in [2.24, 2.45) is 0 Å². The Kier molecular flexibility index (Phi) is 5.90. The van der Waals surface area contributed by atoms with E-state index >= 15 is 0 Å². The average molecular weight is 658 g/mol. The molecule has 3 aliphatic rings. The average Bonchev–Trinajstić information content (AvgIpc) is 3.77. The van der Waals surface area contributed by atoms with Gasteiger partial charge >= 0.3 is 0 Å². The Balaban J connectivity index is 1.27. The highest BCUT2D eigenvalue weighted by molar-refractivity contribution is 7.33. The first-order chi connectivity index (χ1) is 23.4. The molecular formula is C44H40BNO2S. The van der Waals surface area contributed by atoms with Crippen LogP contribution in [-0.2, 0) is 23.7 Å². The van der Waals surface area contributed by atoms with Crippen molar-refractivity contribution in [1.29, 1.82) is 0 Å². The number of thiophene rings is 1.